The minimum atomic E-state index is -0.425. The molecule has 0 bridgehead atoms. The summed E-state index contributed by atoms with van der Waals surface area (Å²) < 4.78 is 4.95. The molecule has 1 rings (SSSR count). The normalized spacial score (nSPS) is 11.9. The number of carbonyl (C=O) groups excluding carboxylic acids is 1. The lowest BCUT2D eigenvalue weighted by molar-refractivity contribution is -0.122. The summed E-state index contributed by atoms with van der Waals surface area (Å²) in [5.74, 6) is 0.436. The molecule has 0 unspecified atom stereocenters. The fourth-order valence-electron chi connectivity index (χ4n) is 1.40. The Kier molecular flexibility index (Phi) is 5.42. The Morgan fingerprint density at radius 1 is 1.59 bits per heavy atom. The zero-order valence-corrected chi connectivity index (χ0v) is 10.3. The predicted molar refractivity (Wildman–Crippen MR) is 65.5 cm³/mol. The number of nitrogens with zero attached hydrogens (tertiary/aromatic N) is 1. The largest absolute Gasteiger partial charge is 0.481 e. The predicted octanol–water partition coefficient (Wildman–Crippen LogP) is 0.834. The average molecular weight is 237 g/mol. The van der Waals surface area contributed by atoms with Gasteiger partial charge in [-0.05, 0) is 12.0 Å². The van der Waals surface area contributed by atoms with Crippen molar-refractivity contribution in [3.05, 3.63) is 23.9 Å². The van der Waals surface area contributed by atoms with Crippen molar-refractivity contribution in [1.82, 2.24) is 10.3 Å². The van der Waals surface area contributed by atoms with E-state index in [1.54, 1.807) is 19.4 Å². The molecule has 94 valence electrons. The zero-order chi connectivity index (χ0) is 12.7. The summed E-state index contributed by atoms with van der Waals surface area (Å²) in [5.41, 5.74) is 6.61. The summed E-state index contributed by atoms with van der Waals surface area (Å²) >= 11 is 0. The molecular weight excluding hydrogens is 218 g/mol. The van der Waals surface area contributed by atoms with E-state index in [0.29, 0.717) is 18.8 Å². The quantitative estimate of drug-likeness (QED) is 0.768. The molecule has 1 aromatic rings. The molecule has 0 aliphatic rings. The monoisotopic (exact) mass is 237 g/mol. The van der Waals surface area contributed by atoms with Gasteiger partial charge in [0.15, 0.2) is 0 Å². The van der Waals surface area contributed by atoms with Crippen LogP contribution in [0.2, 0.25) is 0 Å². The molecule has 0 fully saturated rings. The molecule has 0 saturated carbocycles. The highest BCUT2D eigenvalue weighted by Gasteiger charge is 2.11. The first kappa shape index (κ1) is 13.4. The molecule has 0 aromatic carbocycles. The summed E-state index contributed by atoms with van der Waals surface area (Å²) in [4.78, 5) is 15.6. The maximum atomic E-state index is 11.5. The Labute approximate surface area is 101 Å². The van der Waals surface area contributed by atoms with Gasteiger partial charge in [-0.2, -0.15) is 0 Å². The summed E-state index contributed by atoms with van der Waals surface area (Å²) in [5, 5.41) is 2.78. The number of rotatable bonds is 6. The van der Waals surface area contributed by atoms with E-state index in [0.717, 1.165) is 12.0 Å². The van der Waals surface area contributed by atoms with E-state index in [4.69, 9.17) is 10.5 Å². The third-order valence-electron chi connectivity index (χ3n) is 2.41. The fraction of sp³-hybridized carbons (Fsp3) is 0.500. The van der Waals surface area contributed by atoms with Crippen LogP contribution in [-0.4, -0.2) is 24.0 Å². The smallest absolute Gasteiger partial charge is 0.237 e. The molecule has 0 spiro atoms. The van der Waals surface area contributed by atoms with Gasteiger partial charge in [-0.15, -0.1) is 0 Å². The van der Waals surface area contributed by atoms with Crippen LogP contribution in [-0.2, 0) is 11.3 Å². The molecule has 0 aliphatic heterocycles. The maximum absolute atomic E-state index is 11.5. The number of carbonyl (C=O) groups is 1. The Morgan fingerprint density at radius 2 is 2.35 bits per heavy atom. The van der Waals surface area contributed by atoms with Gasteiger partial charge in [-0.3, -0.25) is 4.79 Å². The van der Waals surface area contributed by atoms with Crippen LogP contribution in [0.3, 0.4) is 0 Å². The second-order valence-electron chi connectivity index (χ2n) is 3.82. The molecule has 1 atom stereocenters. The molecule has 0 aliphatic carbocycles. The van der Waals surface area contributed by atoms with Crippen molar-refractivity contribution in [3.63, 3.8) is 0 Å². The van der Waals surface area contributed by atoms with Crippen LogP contribution < -0.4 is 15.8 Å². The van der Waals surface area contributed by atoms with Crippen LogP contribution in [0, 0.1) is 0 Å². The van der Waals surface area contributed by atoms with E-state index in [2.05, 4.69) is 10.3 Å². The molecule has 1 aromatic heterocycles. The van der Waals surface area contributed by atoms with Gasteiger partial charge in [0.1, 0.15) is 0 Å². The lowest BCUT2D eigenvalue weighted by atomic mass is 10.1. The second kappa shape index (κ2) is 6.85. The van der Waals surface area contributed by atoms with Gasteiger partial charge in [0.25, 0.3) is 0 Å². The lowest BCUT2D eigenvalue weighted by Gasteiger charge is -2.11. The molecule has 5 nitrogen and oxygen atoms in total. The van der Waals surface area contributed by atoms with Crippen LogP contribution in [0.1, 0.15) is 25.3 Å². The summed E-state index contributed by atoms with van der Waals surface area (Å²) in [6, 6.07) is 3.19. The fourth-order valence-corrected chi connectivity index (χ4v) is 1.40. The van der Waals surface area contributed by atoms with Gasteiger partial charge in [0.2, 0.25) is 11.8 Å². The van der Waals surface area contributed by atoms with Gasteiger partial charge in [0.05, 0.1) is 13.2 Å². The van der Waals surface area contributed by atoms with Gasteiger partial charge in [0, 0.05) is 18.8 Å². The molecule has 3 N–H and O–H groups in total. The topological polar surface area (TPSA) is 77.2 Å². The van der Waals surface area contributed by atoms with E-state index in [9.17, 15) is 4.79 Å². The number of nitrogens with two attached hydrogens (primary N) is 1. The standard InChI is InChI=1S/C12H19N3O2/c1-3-4-10(13)12(16)15-8-9-5-6-11(17-2)14-7-9/h5-7,10H,3-4,8,13H2,1-2H3,(H,15,16)/t10-/m1/s1. The van der Waals surface area contributed by atoms with E-state index in [1.165, 1.54) is 0 Å². The third-order valence-corrected chi connectivity index (χ3v) is 2.41. The Hall–Kier alpha value is -1.62. The SMILES string of the molecule is CCC[C@@H](N)C(=O)NCc1ccc(OC)nc1. The van der Waals surface area contributed by atoms with Crippen LogP contribution in [0.15, 0.2) is 18.3 Å². The van der Waals surface area contributed by atoms with Crippen LogP contribution in [0.4, 0.5) is 0 Å². The first-order chi connectivity index (χ1) is 8.17. The number of hydrogen-bond acceptors (Lipinski definition) is 4. The number of methoxy groups -OCH3 is 1. The van der Waals surface area contributed by atoms with Crippen molar-refractivity contribution in [2.45, 2.75) is 32.4 Å². The van der Waals surface area contributed by atoms with Crippen molar-refractivity contribution in [3.8, 4) is 5.88 Å². The Bertz CT molecular complexity index is 351. The number of nitrogens with one attached hydrogen (secondary N) is 1. The van der Waals surface area contributed by atoms with E-state index in [-0.39, 0.29) is 5.91 Å². The molecular formula is C12H19N3O2. The molecule has 5 heteroatoms. The van der Waals surface area contributed by atoms with Crippen LogP contribution in [0.5, 0.6) is 5.88 Å². The van der Waals surface area contributed by atoms with E-state index < -0.39 is 6.04 Å². The van der Waals surface area contributed by atoms with Gasteiger partial charge >= 0.3 is 0 Å². The minimum Gasteiger partial charge on any atom is -0.481 e. The maximum Gasteiger partial charge on any atom is 0.237 e. The van der Waals surface area contributed by atoms with Crippen molar-refractivity contribution in [2.24, 2.45) is 5.73 Å². The van der Waals surface area contributed by atoms with E-state index in [1.807, 2.05) is 13.0 Å². The van der Waals surface area contributed by atoms with Gasteiger partial charge in [-0.1, -0.05) is 19.4 Å². The number of pyridine rings is 1. The molecule has 1 amide bonds. The number of hydrogen-bond donors (Lipinski definition) is 2. The first-order valence-electron chi connectivity index (χ1n) is 5.69. The van der Waals surface area contributed by atoms with Crippen molar-refractivity contribution in [2.75, 3.05) is 7.11 Å². The zero-order valence-electron chi connectivity index (χ0n) is 10.3. The lowest BCUT2D eigenvalue weighted by Crippen LogP contribution is -2.40. The van der Waals surface area contributed by atoms with Crippen molar-refractivity contribution >= 4 is 5.91 Å². The highest BCUT2D eigenvalue weighted by atomic mass is 16.5. The Balaban J connectivity index is 2.41. The summed E-state index contributed by atoms with van der Waals surface area (Å²) in [6.07, 6.45) is 3.27. The van der Waals surface area contributed by atoms with Crippen LogP contribution >= 0.6 is 0 Å². The minimum absolute atomic E-state index is 0.123. The molecule has 0 saturated heterocycles. The first-order valence-corrected chi connectivity index (χ1v) is 5.69. The molecule has 17 heavy (non-hydrogen) atoms. The Morgan fingerprint density at radius 3 is 2.88 bits per heavy atom. The van der Waals surface area contributed by atoms with Gasteiger partial charge < -0.3 is 15.8 Å². The van der Waals surface area contributed by atoms with Crippen molar-refractivity contribution < 1.29 is 9.53 Å². The highest BCUT2D eigenvalue weighted by molar-refractivity contribution is 5.81. The molecule has 0 radical (unpaired) electrons. The molecule has 1 heterocycles. The van der Waals surface area contributed by atoms with Crippen LogP contribution in [0.25, 0.3) is 0 Å². The third kappa shape index (κ3) is 4.40. The average Bonchev–Trinajstić information content (AvgIpc) is 2.36. The highest BCUT2D eigenvalue weighted by Crippen LogP contribution is 2.06. The number of ether oxygens (including phenoxy) is 1. The number of aromatic nitrogens is 1. The van der Waals surface area contributed by atoms with Crippen molar-refractivity contribution in [1.29, 1.82) is 0 Å². The number of amides is 1. The van der Waals surface area contributed by atoms with Gasteiger partial charge in [-0.25, -0.2) is 4.98 Å². The second-order valence-corrected chi connectivity index (χ2v) is 3.82. The summed E-state index contributed by atoms with van der Waals surface area (Å²) in [7, 11) is 1.56. The summed E-state index contributed by atoms with van der Waals surface area (Å²) in [6.45, 7) is 2.44. The van der Waals surface area contributed by atoms with E-state index >= 15 is 0 Å².